The molecular formula is C17H30N3O4PS. The first kappa shape index (κ1) is 21.6. The highest BCUT2D eigenvalue weighted by Crippen LogP contribution is 2.63. The molecule has 0 radical (unpaired) electrons. The number of hydrogen-bond donors (Lipinski definition) is 1. The van der Waals surface area contributed by atoms with E-state index in [9.17, 15) is 9.59 Å². The Balaban J connectivity index is 2.09. The van der Waals surface area contributed by atoms with Gasteiger partial charge in [-0.3, -0.25) is 14.3 Å². The standard InChI is InChI=1S/C17H30N3O4PS/c1-8-15(11(3)19(7)25-24-12(4)13(5)26-25)23-14(6)20-9-10(2)16(21)18-17(20)22/h9,11-15H,8H2,1-7H3,(H,18,21,22)/t11?,12?,13?,14-,15?,25?/m1/s1. The van der Waals surface area contributed by atoms with E-state index < -0.39 is 19.4 Å². The first-order valence-corrected chi connectivity index (χ1v) is 11.7. The normalized spacial score (nSPS) is 26.8. The van der Waals surface area contributed by atoms with E-state index in [0.717, 1.165) is 6.42 Å². The molecule has 0 spiro atoms. The smallest absolute Gasteiger partial charge is 0.330 e. The summed E-state index contributed by atoms with van der Waals surface area (Å²) in [5.41, 5.74) is -0.328. The summed E-state index contributed by atoms with van der Waals surface area (Å²) in [6.07, 6.45) is 2.08. The molecule has 0 bridgehead atoms. The van der Waals surface area contributed by atoms with Gasteiger partial charge in [0.05, 0.1) is 12.2 Å². The van der Waals surface area contributed by atoms with Gasteiger partial charge in [0.2, 0.25) is 0 Å². The Hall–Kier alpha value is -0.660. The minimum absolute atomic E-state index is 0.0629. The number of H-pyrrole nitrogens is 1. The monoisotopic (exact) mass is 403 g/mol. The predicted molar refractivity (Wildman–Crippen MR) is 108 cm³/mol. The van der Waals surface area contributed by atoms with Gasteiger partial charge in [-0.15, -0.1) is 0 Å². The summed E-state index contributed by atoms with van der Waals surface area (Å²) in [5.74, 6) is 0. The van der Waals surface area contributed by atoms with Crippen LogP contribution in [-0.4, -0.2) is 44.8 Å². The van der Waals surface area contributed by atoms with E-state index in [0.29, 0.717) is 10.8 Å². The maximum absolute atomic E-state index is 12.1. The van der Waals surface area contributed by atoms with E-state index in [-0.39, 0.29) is 23.8 Å². The topological polar surface area (TPSA) is 76.6 Å². The van der Waals surface area contributed by atoms with Gasteiger partial charge >= 0.3 is 5.69 Å². The van der Waals surface area contributed by atoms with Crippen molar-refractivity contribution in [3.05, 3.63) is 32.6 Å². The van der Waals surface area contributed by atoms with Gasteiger partial charge in [0, 0.05) is 23.1 Å². The fraction of sp³-hybridized carbons (Fsp3) is 0.765. The SMILES string of the molecule is CCC(O[C@H](C)n1cc(C)c(=O)[nH]c1=O)C(C)N(C)P1OC(C)C(C)S1. The third-order valence-corrected chi connectivity index (χ3v) is 9.73. The first-order chi connectivity index (χ1) is 12.1. The lowest BCUT2D eigenvalue weighted by Crippen LogP contribution is -2.40. The average Bonchev–Trinajstić information content (AvgIpc) is 2.93. The third-order valence-electron chi connectivity index (χ3n) is 4.87. The lowest BCUT2D eigenvalue weighted by atomic mass is 10.1. The van der Waals surface area contributed by atoms with Gasteiger partial charge in [0.25, 0.3) is 5.56 Å². The Morgan fingerprint density at radius 3 is 2.62 bits per heavy atom. The van der Waals surface area contributed by atoms with E-state index in [4.69, 9.17) is 9.26 Å². The molecule has 7 nitrogen and oxygen atoms in total. The van der Waals surface area contributed by atoms with E-state index in [2.05, 4.69) is 44.4 Å². The summed E-state index contributed by atoms with van der Waals surface area (Å²) < 4.78 is 16.0. The zero-order valence-electron chi connectivity index (χ0n) is 16.6. The van der Waals surface area contributed by atoms with Crippen LogP contribution in [0.4, 0.5) is 0 Å². The van der Waals surface area contributed by atoms with Gasteiger partial charge in [-0.05, 0) is 41.2 Å². The lowest BCUT2D eigenvalue weighted by molar-refractivity contribution is -0.0694. The van der Waals surface area contributed by atoms with Gasteiger partial charge in [-0.2, -0.15) is 0 Å². The maximum atomic E-state index is 12.1. The molecule has 1 aromatic heterocycles. The maximum Gasteiger partial charge on any atom is 0.330 e. The summed E-state index contributed by atoms with van der Waals surface area (Å²) in [6.45, 7) is 12.0. The van der Waals surface area contributed by atoms with E-state index in [1.165, 1.54) is 4.57 Å². The van der Waals surface area contributed by atoms with Crippen molar-refractivity contribution in [3.8, 4) is 0 Å². The van der Waals surface area contributed by atoms with Crippen molar-refractivity contribution >= 4 is 18.9 Å². The molecule has 6 atom stereocenters. The number of nitrogens with one attached hydrogen (secondary N) is 1. The van der Waals surface area contributed by atoms with Crippen molar-refractivity contribution in [2.24, 2.45) is 0 Å². The molecule has 5 unspecified atom stereocenters. The molecule has 1 N–H and O–H groups in total. The molecule has 0 aromatic carbocycles. The summed E-state index contributed by atoms with van der Waals surface area (Å²) in [6, 6.07) is 0.137. The summed E-state index contributed by atoms with van der Waals surface area (Å²) in [4.78, 5) is 26.0. The zero-order valence-corrected chi connectivity index (χ0v) is 18.3. The van der Waals surface area contributed by atoms with Gasteiger partial charge in [0.1, 0.15) is 6.23 Å². The van der Waals surface area contributed by atoms with Gasteiger partial charge in [0.15, 0.2) is 7.50 Å². The average molecular weight is 403 g/mol. The molecule has 1 aromatic rings. The third kappa shape index (κ3) is 4.78. The number of aromatic amines is 1. The minimum Gasteiger partial charge on any atom is -0.353 e. The Morgan fingerprint density at radius 1 is 1.42 bits per heavy atom. The number of rotatable bonds is 7. The van der Waals surface area contributed by atoms with E-state index in [1.807, 2.05) is 18.3 Å². The molecule has 9 heteroatoms. The van der Waals surface area contributed by atoms with Crippen LogP contribution in [0.25, 0.3) is 0 Å². The van der Waals surface area contributed by atoms with Gasteiger partial charge < -0.3 is 9.26 Å². The largest absolute Gasteiger partial charge is 0.353 e. The van der Waals surface area contributed by atoms with Crippen molar-refractivity contribution in [1.29, 1.82) is 0 Å². The second-order valence-electron chi connectivity index (χ2n) is 6.83. The Morgan fingerprint density at radius 2 is 2.08 bits per heavy atom. The van der Waals surface area contributed by atoms with Crippen LogP contribution in [0.15, 0.2) is 15.8 Å². The molecular weight excluding hydrogens is 373 g/mol. The van der Waals surface area contributed by atoms with E-state index >= 15 is 0 Å². The van der Waals surface area contributed by atoms with Crippen molar-refractivity contribution in [2.45, 2.75) is 77.7 Å². The van der Waals surface area contributed by atoms with Crippen molar-refractivity contribution in [1.82, 2.24) is 14.2 Å². The number of aromatic nitrogens is 2. The van der Waals surface area contributed by atoms with Gasteiger partial charge in [-0.1, -0.05) is 25.2 Å². The number of hydrogen-bond acceptors (Lipinski definition) is 6. The van der Waals surface area contributed by atoms with Crippen LogP contribution in [0, 0.1) is 6.92 Å². The molecule has 1 saturated heterocycles. The van der Waals surface area contributed by atoms with Crippen LogP contribution in [0.2, 0.25) is 0 Å². The van der Waals surface area contributed by atoms with Crippen LogP contribution in [-0.2, 0) is 9.26 Å². The first-order valence-electron chi connectivity index (χ1n) is 8.99. The quantitative estimate of drug-likeness (QED) is 0.705. The molecule has 148 valence electrons. The molecule has 0 saturated carbocycles. The van der Waals surface area contributed by atoms with Crippen LogP contribution in [0.1, 0.15) is 52.8 Å². The predicted octanol–water partition coefficient (Wildman–Crippen LogP) is 3.25. The zero-order chi connectivity index (χ0) is 19.6. The highest BCUT2D eigenvalue weighted by molar-refractivity contribution is 8.54. The fourth-order valence-corrected chi connectivity index (χ4v) is 7.41. The molecule has 2 rings (SSSR count). The lowest BCUT2D eigenvalue weighted by Gasteiger charge is -2.35. The summed E-state index contributed by atoms with van der Waals surface area (Å²) >= 11 is 1.88. The van der Waals surface area contributed by atoms with Crippen molar-refractivity contribution < 1.29 is 9.26 Å². The van der Waals surface area contributed by atoms with Crippen molar-refractivity contribution in [2.75, 3.05) is 7.05 Å². The molecule has 2 heterocycles. The Bertz CT molecular complexity index is 715. The number of aryl methyl sites for hydroxylation is 1. The van der Waals surface area contributed by atoms with Crippen LogP contribution in [0.3, 0.4) is 0 Å². The van der Waals surface area contributed by atoms with E-state index in [1.54, 1.807) is 13.1 Å². The molecule has 26 heavy (non-hydrogen) atoms. The van der Waals surface area contributed by atoms with Crippen LogP contribution < -0.4 is 11.2 Å². The molecule has 1 fully saturated rings. The summed E-state index contributed by atoms with van der Waals surface area (Å²) in [5, 5.41) is 0.485. The molecule has 1 aliphatic rings. The molecule has 1 aliphatic heterocycles. The molecule has 0 amide bonds. The Kier molecular flexibility index (Phi) is 7.51. The number of ether oxygens (including phenoxy) is 1. The Labute approximate surface area is 160 Å². The fourth-order valence-electron chi connectivity index (χ4n) is 2.74. The van der Waals surface area contributed by atoms with Gasteiger partial charge in [-0.25, -0.2) is 9.46 Å². The second kappa shape index (κ2) is 9.02. The highest BCUT2D eigenvalue weighted by atomic mass is 32.7. The molecule has 0 aliphatic carbocycles. The second-order valence-corrected chi connectivity index (χ2v) is 10.7. The highest BCUT2D eigenvalue weighted by Gasteiger charge is 2.37. The minimum atomic E-state index is -0.704. The van der Waals surface area contributed by atoms with Crippen LogP contribution >= 0.6 is 18.9 Å². The van der Waals surface area contributed by atoms with Crippen LogP contribution in [0.5, 0.6) is 0 Å². The number of likely N-dealkylation sites (N-methyl/N-ethyl adjacent to an activating group) is 1. The number of nitrogens with zero attached hydrogens (tertiary/aromatic N) is 2. The van der Waals surface area contributed by atoms with Crippen molar-refractivity contribution in [3.63, 3.8) is 0 Å². The summed E-state index contributed by atoms with van der Waals surface area (Å²) in [7, 11) is 1.37.